The lowest BCUT2D eigenvalue weighted by molar-refractivity contribution is 0.297. The van der Waals surface area contributed by atoms with Crippen molar-refractivity contribution in [1.29, 1.82) is 0 Å². The van der Waals surface area contributed by atoms with Crippen molar-refractivity contribution in [2.24, 2.45) is 0 Å². The average molecular weight is 294 g/mol. The molecule has 0 unspecified atom stereocenters. The van der Waals surface area contributed by atoms with Crippen LogP contribution in [0.4, 0.5) is 5.69 Å². The Balaban J connectivity index is 2.02. The third kappa shape index (κ3) is 3.45. The number of nitrogens with zero attached hydrogens (tertiary/aromatic N) is 2. The number of ether oxygens (including phenoxy) is 1. The highest BCUT2D eigenvalue weighted by Crippen LogP contribution is 2.27. The third-order valence-corrected chi connectivity index (χ3v) is 3.62. The number of anilines is 1. The summed E-state index contributed by atoms with van der Waals surface area (Å²) in [6, 6.07) is 7.62. The Labute approximate surface area is 124 Å². The van der Waals surface area contributed by atoms with Gasteiger partial charge in [-0.2, -0.15) is 5.10 Å². The van der Waals surface area contributed by atoms with Gasteiger partial charge in [0.25, 0.3) is 0 Å². The molecule has 0 aliphatic heterocycles. The van der Waals surface area contributed by atoms with Crippen LogP contribution in [0.2, 0.25) is 5.02 Å². The van der Waals surface area contributed by atoms with Crippen molar-refractivity contribution in [3.8, 4) is 5.75 Å². The molecule has 2 rings (SSSR count). The molecule has 0 bridgehead atoms. The maximum atomic E-state index is 6.06. The number of hydrogen-bond donors (Lipinski definition) is 1. The van der Waals surface area contributed by atoms with E-state index in [0.717, 1.165) is 18.5 Å². The molecule has 1 heterocycles. The second-order valence-electron chi connectivity index (χ2n) is 4.74. The first-order valence-corrected chi connectivity index (χ1v) is 7.23. The molecule has 0 radical (unpaired) electrons. The summed E-state index contributed by atoms with van der Waals surface area (Å²) in [7, 11) is 0. The van der Waals surface area contributed by atoms with Crippen molar-refractivity contribution in [2.75, 3.05) is 5.73 Å². The predicted molar refractivity (Wildman–Crippen MR) is 82.0 cm³/mol. The Morgan fingerprint density at radius 2 is 2.05 bits per heavy atom. The second kappa shape index (κ2) is 6.66. The molecule has 5 heteroatoms. The molecule has 108 valence electrons. The van der Waals surface area contributed by atoms with Crippen LogP contribution in [-0.2, 0) is 6.61 Å². The van der Waals surface area contributed by atoms with E-state index in [9.17, 15) is 0 Å². The quantitative estimate of drug-likeness (QED) is 0.817. The van der Waals surface area contributed by atoms with Crippen LogP contribution in [0.25, 0.3) is 0 Å². The van der Waals surface area contributed by atoms with Crippen molar-refractivity contribution < 1.29 is 4.74 Å². The van der Waals surface area contributed by atoms with Crippen LogP contribution in [0.3, 0.4) is 0 Å². The number of rotatable bonds is 6. The van der Waals surface area contributed by atoms with E-state index in [4.69, 9.17) is 22.1 Å². The van der Waals surface area contributed by atoms with Gasteiger partial charge in [-0.25, -0.2) is 0 Å². The molecule has 0 saturated carbocycles. The minimum absolute atomic E-state index is 0.385. The Hall–Kier alpha value is -1.68. The van der Waals surface area contributed by atoms with Gasteiger partial charge in [0.1, 0.15) is 12.4 Å². The van der Waals surface area contributed by atoms with E-state index in [2.05, 4.69) is 18.9 Å². The highest BCUT2D eigenvalue weighted by molar-refractivity contribution is 6.32. The number of nitrogen functional groups attached to an aromatic ring is 1. The fourth-order valence-corrected chi connectivity index (χ4v) is 2.27. The first kappa shape index (κ1) is 14.7. The van der Waals surface area contributed by atoms with Gasteiger partial charge in [-0.1, -0.05) is 25.4 Å². The van der Waals surface area contributed by atoms with Gasteiger partial charge in [0, 0.05) is 18.0 Å². The van der Waals surface area contributed by atoms with Crippen LogP contribution in [0.5, 0.6) is 5.75 Å². The molecular weight excluding hydrogens is 274 g/mol. The largest absolute Gasteiger partial charge is 0.486 e. The van der Waals surface area contributed by atoms with Crippen LogP contribution < -0.4 is 10.5 Å². The molecule has 2 aromatic rings. The number of aromatic nitrogens is 2. The van der Waals surface area contributed by atoms with Crippen LogP contribution >= 0.6 is 11.6 Å². The van der Waals surface area contributed by atoms with Crippen molar-refractivity contribution in [2.45, 2.75) is 39.3 Å². The minimum Gasteiger partial charge on any atom is -0.486 e. The highest BCUT2D eigenvalue weighted by Gasteiger charge is 2.09. The molecule has 0 fully saturated rings. The van der Waals surface area contributed by atoms with Gasteiger partial charge in [0.05, 0.1) is 16.8 Å². The third-order valence-electron chi connectivity index (χ3n) is 3.31. The van der Waals surface area contributed by atoms with Gasteiger partial charge in [-0.3, -0.25) is 4.68 Å². The fraction of sp³-hybridized carbons (Fsp3) is 0.400. The smallest absolute Gasteiger partial charge is 0.140 e. The van der Waals surface area contributed by atoms with E-state index in [0.29, 0.717) is 29.1 Å². The van der Waals surface area contributed by atoms with E-state index in [1.807, 2.05) is 16.9 Å². The van der Waals surface area contributed by atoms with Crippen molar-refractivity contribution in [3.63, 3.8) is 0 Å². The molecule has 0 amide bonds. The molecule has 2 N–H and O–H groups in total. The van der Waals surface area contributed by atoms with Crippen molar-refractivity contribution >= 4 is 17.3 Å². The van der Waals surface area contributed by atoms with Crippen molar-refractivity contribution in [1.82, 2.24) is 9.78 Å². The van der Waals surface area contributed by atoms with Crippen LogP contribution in [0.15, 0.2) is 30.5 Å². The average Bonchev–Trinajstić information content (AvgIpc) is 2.90. The molecule has 1 aromatic carbocycles. The molecule has 20 heavy (non-hydrogen) atoms. The van der Waals surface area contributed by atoms with Crippen molar-refractivity contribution in [3.05, 3.63) is 41.2 Å². The second-order valence-corrected chi connectivity index (χ2v) is 5.14. The maximum Gasteiger partial charge on any atom is 0.140 e. The highest BCUT2D eigenvalue weighted by atomic mass is 35.5. The molecule has 0 saturated heterocycles. The summed E-state index contributed by atoms with van der Waals surface area (Å²) in [6.07, 6.45) is 4.14. The van der Waals surface area contributed by atoms with Gasteiger partial charge >= 0.3 is 0 Å². The molecule has 0 aliphatic carbocycles. The fourth-order valence-electron chi connectivity index (χ4n) is 2.10. The summed E-state index contributed by atoms with van der Waals surface area (Å²) in [4.78, 5) is 0. The summed E-state index contributed by atoms with van der Waals surface area (Å²) in [5.41, 5.74) is 7.23. The number of nitrogens with two attached hydrogens (primary N) is 1. The van der Waals surface area contributed by atoms with E-state index in [1.54, 1.807) is 18.2 Å². The lowest BCUT2D eigenvalue weighted by atomic mass is 10.2. The predicted octanol–water partition coefficient (Wildman–Crippen LogP) is 4.06. The molecule has 0 atom stereocenters. The van der Waals surface area contributed by atoms with Gasteiger partial charge in [-0.05, 0) is 31.0 Å². The van der Waals surface area contributed by atoms with E-state index in [1.165, 1.54) is 0 Å². The lowest BCUT2D eigenvalue weighted by Crippen LogP contribution is -2.08. The van der Waals surface area contributed by atoms with Gasteiger partial charge < -0.3 is 10.5 Å². The van der Waals surface area contributed by atoms with Crippen LogP contribution in [0.1, 0.15) is 38.4 Å². The standard InChI is InChI=1S/C15H20ClN3O/c1-3-13(4-2)19-8-7-12(18-19)10-20-15-9-11(17)5-6-14(15)16/h5-9,13H,3-4,10,17H2,1-2H3. The Bertz CT molecular complexity index is 564. The topological polar surface area (TPSA) is 53.1 Å². The SMILES string of the molecule is CCC(CC)n1ccc(COc2cc(N)ccc2Cl)n1. The normalized spacial score (nSPS) is 11.0. The lowest BCUT2D eigenvalue weighted by Gasteiger charge is -2.12. The van der Waals surface area contributed by atoms with Gasteiger partial charge in [0.2, 0.25) is 0 Å². The Morgan fingerprint density at radius 1 is 1.30 bits per heavy atom. The maximum absolute atomic E-state index is 6.06. The zero-order valence-corrected chi connectivity index (χ0v) is 12.6. The Morgan fingerprint density at radius 3 is 2.75 bits per heavy atom. The van der Waals surface area contributed by atoms with Crippen LogP contribution in [0, 0.1) is 0 Å². The summed E-state index contributed by atoms with van der Waals surface area (Å²) in [5.74, 6) is 0.587. The first-order chi connectivity index (χ1) is 9.63. The van der Waals surface area contributed by atoms with E-state index in [-0.39, 0.29) is 0 Å². The summed E-state index contributed by atoms with van der Waals surface area (Å²) in [6.45, 7) is 4.72. The molecular formula is C15H20ClN3O. The Kier molecular flexibility index (Phi) is 4.90. The van der Waals surface area contributed by atoms with Crippen LogP contribution in [-0.4, -0.2) is 9.78 Å². The van der Waals surface area contributed by atoms with Gasteiger partial charge in [-0.15, -0.1) is 0 Å². The first-order valence-electron chi connectivity index (χ1n) is 6.85. The molecule has 0 aliphatic rings. The zero-order chi connectivity index (χ0) is 14.5. The summed E-state index contributed by atoms with van der Waals surface area (Å²) < 4.78 is 7.68. The summed E-state index contributed by atoms with van der Waals surface area (Å²) >= 11 is 6.06. The van der Waals surface area contributed by atoms with E-state index < -0.39 is 0 Å². The number of halogens is 1. The summed E-state index contributed by atoms with van der Waals surface area (Å²) in [5, 5.41) is 5.09. The zero-order valence-electron chi connectivity index (χ0n) is 11.8. The molecule has 4 nitrogen and oxygen atoms in total. The number of hydrogen-bond acceptors (Lipinski definition) is 3. The molecule has 1 aromatic heterocycles. The minimum atomic E-state index is 0.385. The monoisotopic (exact) mass is 293 g/mol. The van der Waals surface area contributed by atoms with E-state index >= 15 is 0 Å². The number of benzene rings is 1. The molecule has 0 spiro atoms. The van der Waals surface area contributed by atoms with Gasteiger partial charge in [0.15, 0.2) is 0 Å².